The molecule has 3 nitrogen and oxygen atoms in total. The minimum atomic E-state index is 0.182. The first kappa shape index (κ1) is 14.1. The number of fused-ring (bicyclic) bond motifs is 1. The lowest BCUT2D eigenvalue weighted by Crippen LogP contribution is -2.08. The highest BCUT2D eigenvalue weighted by atomic mass is 35.5. The second-order valence-electron chi connectivity index (χ2n) is 5.38. The second-order valence-corrected chi connectivity index (χ2v) is 5.79. The molecule has 0 spiro atoms. The highest BCUT2D eigenvalue weighted by Crippen LogP contribution is 2.40. The first-order valence-electron chi connectivity index (χ1n) is 7.01. The van der Waals surface area contributed by atoms with Crippen molar-refractivity contribution in [1.29, 1.82) is 0 Å². The Morgan fingerprint density at radius 1 is 1.33 bits per heavy atom. The van der Waals surface area contributed by atoms with Crippen LogP contribution in [0.25, 0.3) is 0 Å². The zero-order valence-electron chi connectivity index (χ0n) is 12.1. The molecule has 0 saturated heterocycles. The van der Waals surface area contributed by atoms with E-state index in [9.17, 15) is 5.11 Å². The fraction of sp³-hybridized carbons (Fsp3) is 0.294. The fourth-order valence-corrected chi connectivity index (χ4v) is 3.07. The van der Waals surface area contributed by atoms with Crippen molar-refractivity contribution in [2.75, 3.05) is 12.4 Å². The van der Waals surface area contributed by atoms with Gasteiger partial charge in [-0.2, -0.15) is 0 Å². The van der Waals surface area contributed by atoms with Gasteiger partial charge in [0.25, 0.3) is 0 Å². The number of phenols is 1. The lowest BCUT2D eigenvalue weighted by molar-refractivity contribution is 0.416. The molecule has 1 unspecified atom stereocenters. The average molecular weight is 304 g/mol. The Balaban J connectivity index is 1.93. The Morgan fingerprint density at radius 2 is 2.14 bits per heavy atom. The third kappa shape index (κ3) is 2.54. The number of aryl methyl sites for hydroxylation is 1. The van der Waals surface area contributed by atoms with Crippen molar-refractivity contribution in [2.24, 2.45) is 0 Å². The summed E-state index contributed by atoms with van der Waals surface area (Å²) >= 11 is 6.14. The molecule has 0 aromatic heterocycles. The third-order valence-corrected chi connectivity index (χ3v) is 4.46. The molecule has 0 amide bonds. The van der Waals surface area contributed by atoms with Gasteiger partial charge in [-0.1, -0.05) is 23.7 Å². The van der Waals surface area contributed by atoms with E-state index in [4.69, 9.17) is 16.3 Å². The zero-order valence-corrected chi connectivity index (χ0v) is 12.9. The standard InChI is InChI=1S/C17H18ClNO2/c1-10-8-15(17(21-2)9-13(10)18)19-14-7-6-12-11(14)4-3-5-16(12)20/h3-5,8-9,14,19-20H,6-7H2,1-2H3. The Labute approximate surface area is 129 Å². The first-order chi connectivity index (χ1) is 10.1. The van der Waals surface area contributed by atoms with Crippen LogP contribution in [-0.4, -0.2) is 12.2 Å². The van der Waals surface area contributed by atoms with Gasteiger partial charge in [-0.25, -0.2) is 0 Å². The molecule has 1 aliphatic carbocycles. The molecule has 2 aromatic carbocycles. The maximum absolute atomic E-state index is 9.93. The van der Waals surface area contributed by atoms with E-state index in [-0.39, 0.29) is 6.04 Å². The van der Waals surface area contributed by atoms with Crippen LogP contribution in [-0.2, 0) is 6.42 Å². The van der Waals surface area contributed by atoms with Gasteiger partial charge in [0, 0.05) is 11.1 Å². The highest BCUT2D eigenvalue weighted by Gasteiger charge is 2.25. The second kappa shape index (κ2) is 5.49. The van der Waals surface area contributed by atoms with Gasteiger partial charge in [-0.05, 0) is 48.6 Å². The van der Waals surface area contributed by atoms with Gasteiger partial charge in [-0.15, -0.1) is 0 Å². The van der Waals surface area contributed by atoms with Crippen molar-refractivity contribution in [3.8, 4) is 11.5 Å². The molecule has 4 heteroatoms. The number of anilines is 1. The molecule has 0 saturated carbocycles. The van der Waals surface area contributed by atoms with Crippen LogP contribution in [0.5, 0.6) is 11.5 Å². The van der Waals surface area contributed by atoms with Crippen LogP contribution in [0.2, 0.25) is 5.02 Å². The first-order valence-corrected chi connectivity index (χ1v) is 7.39. The number of benzene rings is 2. The van der Waals surface area contributed by atoms with E-state index >= 15 is 0 Å². The fourth-order valence-electron chi connectivity index (χ4n) is 2.92. The molecule has 3 rings (SSSR count). The van der Waals surface area contributed by atoms with E-state index in [1.54, 1.807) is 13.2 Å². The summed E-state index contributed by atoms with van der Waals surface area (Å²) in [7, 11) is 1.64. The third-order valence-electron chi connectivity index (χ3n) is 4.06. The topological polar surface area (TPSA) is 41.5 Å². The van der Waals surface area contributed by atoms with E-state index in [0.29, 0.717) is 10.8 Å². The largest absolute Gasteiger partial charge is 0.508 e. The number of methoxy groups -OCH3 is 1. The monoisotopic (exact) mass is 303 g/mol. The highest BCUT2D eigenvalue weighted by molar-refractivity contribution is 6.31. The molecule has 0 aliphatic heterocycles. The van der Waals surface area contributed by atoms with Crippen LogP contribution in [0.1, 0.15) is 29.2 Å². The number of nitrogens with one attached hydrogen (secondary N) is 1. The summed E-state index contributed by atoms with van der Waals surface area (Å²) in [6.07, 6.45) is 1.84. The molecule has 0 fully saturated rings. The molecule has 2 N–H and O–H groups in total. The molecular weight excluding hydrogens is 286 g/mol. The van der Waals surface area contributed by atoms with Gasteiger partial charge in [0.2, 0.25) is 0 Å². The Morgan fingerprint density at radius 3 is 2.90 bits per heavy atom. The minimum Gasteiger partial charge on any atom is -0.508 e. The van der Waals surface area contributed by atoms with Crippen LogP contribution in [0.4, 0.5) is 5.69 Å². The summed E-state index contributed by atoms with van der Waals surface area (Å²) in [5.74, 6) is 1.12. The number of halogens is 1. The van der Waals surface area contributed by atoms with Gasteiger partial charge in [0.05, 0.1) is 18.8 Å². The summed E-state index contributed by atoms with van der Waals surface area (Å²) in [6.45, 7) is 1.97. The van der Waals surface area contributed by atoms with E-state index in [1.165, 1.54) is 0 Å². The lowest BCUT2D eigenvalue weighted by atomic mass is 10.1. The Kier molecular flexibility index (Phi) is 3.68. The number of aromatic hydroxyl groups is 1. The molecule has 110 valence electrons. The Bertz CT molecular complexity index is 685. The molecule has 1 atom stereocenters. The van der Waals surface area contributed by atoms with Crippen LogP contribution < -0.4 is 10.1 Å². The molecule has 1 aliphatic rings. The number of rotatable bonds is 3. The van der Waals surface area contributed by atoms with E-state index < -0.39 is 0 Å². The number of hydrogen-bond donors (Lipinski definition) is 2. The summed E-state index contributed by atoms with van der Waals surface area (Å²) in [6, 6.07) is 9.71. The van der Waals surface area contributed by atoms with Gasteiger partial charge in [0.1, 0.15) is 11.5 Å². The van der Waals surface area contributed by atoms with Crippen molar-refractivity contribution < 1.29 is 9.84 Å². The van der Waals surface area contributed by atoms with Gasteiger partial charge in [-0.3, -0.25) is 0 Å². The van der Waals surface area contributed by atoms with Crippen LogP contribution in [0, 0.1) is 6.92 Å². The zero-order chi connectivity index (χ0) is 15.0. The van der Waals surface area contributed by atoms with Crippen molar-refractivity contribution in [3.05, 3.63) is 52.0 Å². The predicted molar refractivity (Wildman–Crippen MR) is 85.5 cm³/mol. The van der Waals surface area contributed by atoms with Crippen LogP contribution >= 0.6 is 11.6 Å². The van der Waals surface area contributed by atoms with Crippen molar-refractivity contribution in [3.63, 3.8) is 0 Å². The summed E-state index contributed by atoms with van der Waals surface area (Å²) < 4.78 is 5.41. The van der Waals surface area contributed by atoms with Crippen molar-refractivity contribution >= 4 is 17.3 Å². The van der Waals surface area contributed by atoms with E-state index in [1.807, 2.05) is 25.1 Å². The average Bonchev–Trinajstić information content (AvgIpc) is 2.87. The number of ether oxygens (including phenoxy) is 1. The maximum atomic E-state index is 9.93. The molecule has 21 heavy (non-hydrogen) atoms. The SMILES string of the molecule is COc1cc(Cl)c(C)cc1NC1CCc2c(O)cccc21. The predicted octanol–water partition coefficient (Wildman–Crippen LogP) is 4.46. The summed E-state index contributed by atoms with van der Waals surface area (Å²) in [4.78, 5) is 0. The molecule has 0 radical (unpaired) electrons. The van der Waals surface area contributed by atoms with Crippen molar-refractivity contribution in [1.82, 2.24) is 0 Å². The van der Waals surface area contributed by atoms with Gasteiger partial charge in [0.15, 0.2) is 0 Å². The van der Waals surface area contributed by atoms with Crippen LogP contribution in [0.15, 0.2) is 30.3 Å². The van der Waals surface area contributed by atoms with E-state index in [2.05, 4.69) is 11.4 Å². The van der Waals surface area contributed by atoms with Gasteiger partial charge >= 0.3 is 0 Å². The van der Waals surface area contributed by atoms with E-state index in [0.717, 1.165) is 41.0 Å². The molecule has 0 bridgehead atoms. The van der Waals surface area contributed by atoms with Gasteiger partial charge < -0.3 is 15.2 Å². The van der Waals surface area contributed by atoms with Crippen LogP contribution in [0.3, 0.4) is 0 Å². The normalized spacial score (nSPS) is 16.6. The quantitative estimate of drug-likeness (QED) is 0.879. The number of phenolic OH excluding ortho intramolecular Hbond substituents is 1. The minimum absolute atomic E-state index is 0.182. The number of hydrogen-bond acceptors (Lipinski definition) is 3. The summed E-state index contributed by atoms with van der Waals surface area (Å²) in [5.41, 5.74) is 4.14. The lowest BCUT2D eigenvalue weighted by Gasteiger charge is -2.19. The molecule has 0 heterocycles. The molecular formula is C17H18ClNO2. The summed E-state index contributed by atoms with van der Waals surface area (Å²) in [5, 5.41) is 14.1. The van der Waals surface area contributed by atoms with Crippen molar-refractivity contribution in [2.45, 2.75) is 25.8 Å². The Hall–Kier alpha value is -1.87. The molecule has 2 aromatic rings. The smallest absolute Gasteiger partial charge is 0.143 e. The maximum Gasteiger partial charge on any atom is 0.143 e.